The first kappa shape index (κ1) is 16.1. The monoisotopic (exact) mass is 288 g/mol. The summed E-state index contributed by atoms with van der Waals surface area (Å²) in [5.74, 6) is 0. The summed E-state index contributed by atoms with van der Waals surface area (Å²) in [4.78, 5) is 0. The first-order valence-corrected chi connectivity index (χ1v) is 7.78. The van der Waals surface area contributed by atoms with Gasteiger partial charge in [0.1, 0.15) is 0 Å². The second kappa shape index (κ2) is 8.26. The van der Waals surface area contributed by atoms with Crippen molar-refractivity contribution in [3.63, 3.8) is 0 Å². The quantitative estimate of drug-likeness (QED) is 0.594. The Labute approximate surface area is 121 Å². The zero-order valence-electron chi connectivity index (χ0n) is 12.5. The minimum atomic E-state index is -0.741. The molecule has 5 unspecified atom stereocenters. The standard InChI is InChI=1S/C14H28N2O4/c1-3-12-13(20-8-7-19-12)6-5-10-9-11(16-15-10)14(17)18-4-2/h10-17H,3-9H2,1-2H3. The van der Waals surface area contributed by atoms with Gasteiger partial charge in [-0.2, -0.15) is 0 Å². The number of hydrazine groups is 1. The van der Waals surface area contributed by atoms with Crippen molar-refractivity contribution in [2.75, 3.05) is 19.8 Å². The average molecular weight is 288 g/mol. The molecule has 0 aromatic heterocycles. The Bertz CT molecular complexity index is 280. The molecule has 2 fully saturated rings. The summed E-state index contributed by atoms with van der Waals surface area (Å²) in [6.45, 7) is 5.95. The second-order valence-corrected chi connectivity index (χ2v) is 5.48. The molecule has 0 radical (unpaired) electrons. The highest BCUT2D eigenvalue weighted by Crippen LogP contribution is 2.21. The van der Waals surface area contributed by atoms with Crippen LogP contribution in [0.3, 0.4) is 0 Å². The van der Waals surface area contributed by atoms with Crippen LogP contribution < -0.4 is 10.9 Å². The van der Waals surface area contributed by atoms with Crippen LogP contribution in [-0.2, 0) is 14.2 Å². The lowest BCUT2D eigenvalue weighted by molar-refractivity contribution is -0.143. The fraction of sp³-hybridized carbons (Fsp3) is 1.00. The van der Waals surface area contributed by atoms with Crippen LogP contribution in [0.4, 0.5) is 0 Å². The lowest BCUT2D eigenvalue weighted by atomic mass is 9.99. The molecular weight excluding hydrogens is 260 g/mol. The van der Waals surface area contributed by atoms with Gasteiger partial charge in [0.15, 0.2) is 6.29 Å². The van der Waals surface area contributed by atoms with Crippen LogP contribution in [-0.4, -0.2) is 55.5 Å². The number of aliphatic hydroxyl groups is 1. The first-order chi connectivity index (χ1) is 9.74. The third-order valence-corrected chi connectivity index (χ3v) is 4.06. The highest BCUT2D eigenvalue weighted by atomic mass is 16.6. The van der Waals surface area contributed by atoms with Crippen molar-refractivity contribution in [2.45, 2.75) is 70.1 Å². The van der Waals surface area contributed by atoms with E-state index < -0.39 is 6.29 Å². The molecule has 0 aromatic carbocycles. The molecule has 118 valence electrons. The van der Waals surface area contributed by atoms with Gasteiger partial charge in [0.2, 0.25) is 0 Å². The summed E-state index contributed by atoms with van der Waals surface area (Å²) in [6, 6.07) is 0.309. The van der Waals surface area contributed by atoms with Crippen molar-refractivity contribution in [1.82, 2.24) is 10.9 Å². The van der Waals surface area contributed by atoms with Crippen LogP contribution in [0.2, 0.25) is 0 Å². The van der Waals surface area contributed by atoms with Crippen molar-refractivity contribution in [1.29, 1.82) is 0 Å². The predicted molar refractivity (Wildman–Crippen MR) is 75.1 cm³/mol. The minimum Gasteiger partial charge on any atom is -0.373 e. The number of ether oxygens (including phenoxy) is 3. The predicted octanol–water partition coefficient (Wildman–Crippen LogP) is 0.551. The molecule has 0 aromatic rings. The van der Waals surface area contributed by atoms with E-state index in [0.29, 0.717) is 25.9 Å². The molecule has 2 aliphatic rings. The van der Waals surface area contributed by atoms with Crippen LogP contribution in [0.5, 0.6) is 0 Å². The molecule has 0 saturated carbocycles. The van der Waals surface area contributed by atoms with E-state index in [2.05, 4.69) is 17.8 Å². The van der Waals surface area contributed by atoms with Gasteiger partial charge in [-0.15, -0.1) is 0 Å². The fourth-order valence-electron chi connectivity index (χ4n) is 2.94. The summed E-state index contributed by atoms with van der Waals surface area (Å²) in [5.41, 5.74) is 6.34. The topological polar surface area (TPSA) is 72.0 Å². The van der Waals surface area contributed by atoms with E-state index >= 15 is 0 Å². The van der Waals surface area contributed by atoms with Gasteiger partial charge in [-0.1, -0.05) is 6.92 Å². The number of aliphatic hydroxyl groups excluding tert-OH is 1. The van der Waals surface area contributed by atoms with Crippen molar-refractivity contribution < 1.29 is 19.3 Å². The Kier molecular flexibility index (Phi) is 6.67. The maximum absolute atomic E-state index is 9.79. The van der Waals surface area contributed by atoms with Crippen molar-refractivity contribution in [2.24, 2.45) is 0 Å². The molecule has 2 heterocycles. The largest absolute Gasteiger partial charge is 0.373 e. The van der Waals surface area contributed by atoms with Crippen molar-refractivity contribution in [3.05, 3.63) is 0 Å². The van der Waals surface area contributed by atoms with E-state index in [1.54, 1.807) is 0 Å². The Morgan fingerprint density at radius 2 is 1.90 bits per heavy atom. The van der Waals surface area contributed by atoms with E-state index in [9.17, 15) is 5.11 Å². The van der Waals surface area contributed by atoms with Crippen molar-refractivity contribution in [3.8, 4) is 0 Å². The second-order valence-electron chi connectivity index (χ2n) is 5.48. The van der Waals surface area contributed by atoms with E-state index in [1.807, 2.05) is 6.92 Å². The highest BCUT2D eigenvalue weighted by molar-refractivity contribution is 4.85. The smallest absolute Gasteiger partial charge is 0.171 e. The number of hydrogen-bond donors (Lipinski definition) is 3. The summed E-state index contributed by atoms with van der Waals surface area (Å²) in [6.07, 6.45) is 3.53. The zero-order valence-corrected chi connectivity index (χ0v) is 12.5. The molecule has 5 atom stereocenters. The first-order valence-electron chi connectivity index (χ1n) is 7.78. The molecule has 0 aliphatic carbocycles. The fourth-order valence-corrected chi connectivity index (χ4v) is 2.94. The number of rotatable bonds is 7. The molecule has 6 nitrogen and oxygen atoms in total. The van der Waals surface area contributed by atoms with Gasteiger partial charge >= 0.3 is 0 Å². The zero-order chi connectivity index (χ0) is 14.4. The minimum absolute atomic E-state index is 0.0366. The van der Waals surface area contributed by atoms with Gasteiger partial charge in [0, 0.05) is 12.6 Å². The van der Waals surface area contributed by atoms with Gasteiger partial charge in [0.05, 0.1) is 31.5 Å². The highest BCUT2D eigenvalue weighted by Gasteiger charge is 2.31. The van der Waals surface area contributed by atoms with Crippen molar-refractivity contribution >= 4 is 0 Å². The Morgan fingerprint density at radius 1 is 1.15 bits per heavy atom. The third-order valence-electron chi connectivity index (χ3n) is 4.06. The molecule has 2 aliphatic heterocycles. The normalized spacial score (nSPS) is 36.1. The van der Waals surface area contributed by atoms with E-state index in [-0.39, 0.29) is 18.2 Å². The molecule has 2 saturated heterocycles. The number of nitrogens with one attached hydrogen (secondary N) is 2. The van der Waals surface area contributed by atoms with Crippen LogP contribution in [0, 0.1) is 0 Å². The average Bonchev–Trinajstić information content (AvgIpc) is 2.94. The van der Waals surface area contributed by atoms with Crippen LogP contribution in [0.25, 0.3) is 0 Å². The molecule has 0 bridgehead atoms. The molecular formula is C14H28N2O4. The molecule has 0 spiro atoms. The maximum atomic E-state index is 9.79. The lowest BCUT2D eigenvalue weighted by Crippen LogP contribution is -2.41. The van der Waals surface area contributed by atoms with E-state index in [1.165, 1.54) is 0 Å². The lowest BCUT2D eigenvalue weighted by Gasteiger charge is -2.31. The molecule has 3 N–H and O–H groups in total. The summed E-state index contributed by atoms with van der Waals surface area (Å²) in [5, 5.41) is 9.79. The van der Waals surface area contributed by atoms with Gasteiger partial charge in [0.25, 0.3) is 0 Å². The van der Waals surface area contributed by atoms with Gasteiger partial charge in [-0.05, 0) is 32.6 Å². The SMILES string of the molecule is CCOC(O)C1CC(CCC2OCCOC2CC)NN1. The van der Waals surface area contributed by atoms with E-state index in [4.69, 9.17) is 14.2 Å². The molecule has 20 heavy (non-hydrogen) atoms. The van der Waals surface area contributed by atoms with Gasteiger partial charge in [-0.25, -0.2) is 5.43 Å². The Morgan fingerprint density at radius 3 is 2.60 bits per heavy atom. The summed E-state index contributed by atoms with van der Waals surface area (Å²) >= 11 is 0. The maximum Gasteiger partial charge on any atom is 0.171 e. The van der Waals surface area contributed by atoms with Crippen LogP contribution >= 0.6 is 0 Å². The molecule has 6 heteroatoms. The van der Waals surface area contributed by atoms with E-state index in [0.717, 1.165) is 25.7 Å². The number of hydrogen-bond acceptors (Lipinski definition) is 6. The Balaban J connectivity index is 1.69. The summed E-state index contributed by atoms with van der Waals surface area (Å²) in [7, 11) is 0. The Hall–Kier alpha value is -0.240. The third kappa shape index (κ3) is 4.38. The molecule has 0 amide bonds. The van der Waals surface area contributed by atoms with Crippen LogP contribution in [0.1, 0.15) is 39.5 Å². The van der Waals surface area contributed by atoms with Crippen LogP contribution in [0.15, 0.2) is 0 Å². The molecule has 2 rings (SSSR count). The summed E-state index contributed by atoms with van der Waals surface area (Å²) < 4.78 is 16.7. The van der Waals surface area contributed by atoms with Gasteiger partial charge in [-0.3, -0.25) is 5.43 Å². The van der Waals surface area contributed by atoms with Gasteiger partial charge < -0.3 is 19.3 Å².